The summed E-state index contributed by atoms with van der Waals surface area (Å²) in [6.45, 7) is 4.35. The Kier molecular flexibility index (Phi) is 9.39. The van der Waals surface area contributed by atoms with Gasteiger partial charge in [-0.05, 0) is 89.2 Å². The van der Waals surface area contributed by atoms with E-state index in [9.17, 15) is 30.6 Å². The van der Waals surface area contributed by atoms with Gasteiger partial charge in [-0.1, -0.05) is 12.8 Å². The Balaban J connectivity index is 1.36. The summed E-state index contributed by atoms with van der Waals surface area (Å²) in [6, 6.07) is 7.46. The zero-order valence-corrected chi connectivity index (χ0v) is 24.3. The minimum atomic E-state index is -0.638. The van der Waals surface area contributed by atoms with E-state index in [4.69, 9.17) is 9.47 Å². The average Bonchev–Trinajstić information content (AvgIpc) is 3.42. The molecule has 0 atom stereocenters. The molecule has 2 heterocycles. The van der Waals surface area contributed by atoms with Crippen LogP contribution in [0, 0.1) is 45.3 Å². The largest absolute Gasteiger partial charge is 0.480 e. The van der Waals surface area contributed by atoms with E-state index in [1.165, 1.54) is 0 Å². The second-order valence-electron chi connectivity index (χ2n) is 11.4. The number of nitrogens with one attached hydrogen (secondary N) is 2. The molecule has 2 aliphatic heterocycles. The molecule has 0 saturated heterocycles. The molecule has 218 valence electrons. The molecule has 2 N–H and O–H groups in total. The number of allylic oxidation sites excluding steroid dienone is 2. The van der Waals surface area contributed by atoms with Gasteiger partial charge in [-0.2, -0.15) is 21.0 Å². The van der Waals surface area contributed by atoms with Crippen LogP contribution < -0.4 is 10.6 Å². The Morgan fingerprint density at radius 2 is 0.976 bits per heavy atom. The lowest BCUT2D eigenvalue weighted by atomic mass is 9.79. The summed E-state index contributed by atoms with van der Waals surface area (Å²) in [5, 5.41) is 43.7. The third kappa shape index (κ3) is 5.63. The van der Waals surface area contributed by atoms with Crippen molar-refractivity contribution in [1.29, 1.82) is 21.0 Å². The molecule has 0 aromatic carbocycles. The number of nitriles is 4. The third-order valence-corrected chi connectivity index (χ3v) is 9.02. The minimum Gasteiger partial charge on any atom is -0.480 e. The van der Waals surface area contributed by atoms with Crippen molar-refractivity contribution in [2.24, 2.45) is 0 Å². The summed E-state index contributed by atoms with van der Waals surface area (Å²) < 4.78 is 12.4. The second-order valence-corrected chi connectivity index (χ2v) is 11.4. The van der Waals surface area contributed by atoms with Crippen LogP contribution in [0.3, 0.4) is 0 Å². The van der Waals surface area contributed by atoms with Gasteiger partial charge >= 0.3 is 0 Å². The maximum absolute atomic E-state index is 13.2. The van der Waals surface area contributed by atoms with Crippen molar-refractivity contribution in [2.45, 2.75) is 102 Å². The summed E-state index contributed by atoms with van der Waals surface area (Å²) in [4.78, 5) is 26.5. The monoisotopic (exact) mass is 568 g/mol. The number of ether oxygens (including phenoxy) is 2. The molecule has 4 aliphatic rings. The van der Waals surface area contributed by atoms with Gasteiger partial charge in [0.2, 0.25) is 0 Å². The van der Waals surface area contributed by atoms with Crippen LogP contribution in [0.2, 0.25) is 0 Å². The summed E-state index contributed by atoms with van der Waals surface area (Å²) in [5.74, 6) is -0.622. The molecule has 2 aliphatic carbocycles. The Morgan fingerprint density at radius 1 is 0.643 bits per heavy atom. The van der Waals surface area contributed by atoms with Crippen LogP contribution in [0.4, 0.5) is 0 Å². The lowest BCUT2D eigenvalue weighted by molar-refractivity contribution is -0.118. The quantitative estimate of drug-likeness (QED) is 0.328. The maximum atomic E-state index is 13.2. The predicted molar refractivity (Wildman–Crippen MR) is 151 cm³/mol. The number of carbonyl (C=O) groups excluding carboxylic acids is 2. The van der Waals surface area contributed by atoms with E-state index in [1.807, 2.05) is 38.1 Å². The van der Waals surface area contributed by atoms with E-state index in [0.29, 0.717) is 25.9 Å². The van der Waals surface area contributed by atoms with Gasteiger partial charge in [0.05, 0.1) is 11.1 Å². The highest BCUT2D eigenvalue weighted by Crippen LogP contribution is 2.49. The SMILES string of the molecule is CC1=C(C(=O)NCCCCNC(=O)C2=C(C)C3(CCCCC3)OC2=C(C#N)C#N)C(=C(C#N)C#N)OC12CCCCC2. The van der Waals surface area contributed by atoms with Crippen LogP contribution in [0.1, 0.15) is 90.9 Å². The Bertz CT molecular complexity index is 1300. The molecule has 0 bridgehead atoms. The van der Waals surface area contributed by atoms with E-state index in [-0.39, 0.29) is 45.6 Å². The van der Waals surface area contributed by atoms with Crippen molar-refractivity contribution in [1.82, 2.24) is 10.6 Å². The van der Waals surface area contributed by atoms with Crippen LogP contribution >= 0.6 is 0 Å². The van der Waals surface area contributed by atoms with Crippen LogP contribution in [0.15, 0.2) is 45.0 Å². The first-order valence-corrected chi connectivity index (χ1v) is 14.7. The first-order chi connectivity index (χ1) is 20.3. The fraction of sp³-hybridized carbons (Fsp3) is 0.562. The average molecular weight is 569 g/mol. The molecule has 2 amide bonds. The van der Waals surface area contributed by atoms with Crippen LogP contribution in [0.5, 0.6) is 0 Å². The van der Waals surface area contributed by atoms with Crippen molar-refractivity contribution in [3.63, 3.8) is 0 Å². The fourth-order valence-electron chi connectivity index (χ4n) is 6.62. The van der Waals surface area contributed by atoms with E-state index >= 15 is 0 Å². The van der Waals surface area contributed by atoms with Gasteiger partial charge in [0.25, 0.3) is 11.8 Å². The minimum absolute atomic E-state index is 0.0697. The summed E-state index contributed by atoms with van der Waals surface area (Å²) in [6.07, 6.45) is 10.1. The van der Waals surface area contributed by atoms with Crippen molar-refractivity contribution in [2.75, 3.05) is 13.1 Å². The van der Waals surface area contributed by atoms with E-state index in [0.717, 1.165) is 75.4 Å². The molecule has 0 aromatic rings. The molecule has 10 nitrogen and oxygen atoms in total. The van der Waals surface area contributed by atoms with Gasteiger partial charge < -0.3 is 20.1 Å². The molecule has 0 unspecified atom stereocenters. The highest BCUT2D eigenvalue weighted by atomic mass is 16.5. The number of unbranched alkanes of at least 4 members (excludes halogenated alkanes) is 1. The summed E-state index contributed by atoms with van der Waals surface area (Å²) >= 11 is 0. The molecule has 2 saturated carbocycles. The number of nitrogens with zero attached hydrogens (tertiary/aromatic N) is 4. The smallest absolute Gasteiger partial charge is 0.255 e. The lowest BCUT2D eigenvalue weighted by Gasteiger charge is -2.34. The normalized spacial score (nSPS) is 20.1. The predicted octanol–water partition coefficient (Wildman–Crippen LogP) is 4.70. The number of amides is 2. The second kappa shape index (κ2) is 13.0. The molecular formula is C32H36N6O4. The molecule has 2 fully saturated rings. The molecule has 4 rings (SSSR count). The van der Waals surface area contributed by atoms with Gasteiger partial charge in [-0.25, -0.2) is 0 Å². The van der Waals surface area contributed by atoms with Crippen LogP contribution in [-0.2, 0) is 19.1 Å². The Morgan fingerprint density at radius 3 is 1.29 bits per heavy atom. The van der Waals surface area contributed by atoms with Crippen LogP contribution in [0.25, 0.3) is 0 Å². The van der Waals surface area contributed by atoms with Crippen molar-refractivity contribution < 1.29 is 19.1 Å². The summed E-state index contributed by atoms with van der Waals surface area (Å²) in [5.41, 5.74) is 0.389. The van der Waals surface area contributed by atoms with E-state index in [2.05, 4.69) is 10.6 Å². The van der Waals surface area contributed by atoms with Crippen molar-refractivity contribution in [3.05, 3.63) is 45.0 Å². The van der Waals surface area contributed by atoms with Crippen molar-refractivity contribution in [3.8, 4) is 24.3 Å². The molecular weight excluding hydrogens is 532 g/mol. The first-order valence-electron chi connectivity index (χ1n) is 14.7. The standard InChI is InChI=1S/C32H36N6O4/c1-21-25(27(23(17-33)18-34)41-31(21)11-5-3-6-12-31)29(39)37-15-9-10-16-38-30(40)26-22(2)32(13-7-4-8-14-32)42-28(26)24(19-35)20-36/h3-16H2,1-2H3,(H,37,39)(H,38,40). The highest BCUT2D eigenvalue weighted by Gasteiger charge is 2.48. The van der Waals surface area contributed by atoms with Gasteiger partial charge in [0.15, 0.2) is 22.7 Å². The van der Waals surface area contributed by atoms with Crippen LogP contribution in [-0.4, -0.2) is 36.1 Å². The Labute approximate surface area is 246 Å². The number of rotatable bonds is 7. The fourth-order valence-corrected chi connectivity index (χ4v) is 6.62. The zero-order chi connectivity index (χ0) is 30.3. The molecule has 0 radical (unpaired) electrons. The molecule has 42 heavy (non-hydrogen) atoms. The van der Waals surface area contributed by atoms with Gasteiger partial charge in [0.1, 0.15) is 35.5 Å². The maximum Gasteiger partial charge on any atom is 0.255 e. The van der Waals surface area contributed by atoms with Crippen molar-refractivity contribution >= 4 is 11.8 Å². The summed E-state index contributed by atoms with van der Waals surface area (Å²) in [7, 11) is 0. The number of hydrogen-bond acceptors (Lipinski definition) is 8. The highest BCUT2D eigenvalue weighted by molar-refractivity contribution is 6.00. The Hall–Kier alpha value is -4.54. The molecule has 2 spiro atoms. The van der Waals surface area contributed by atoms with Gasteiger partial charge in [-0.3, -0.25) is 9.59 Å². The topological polar surface area (TPSA) is 172 Å². The number of carbonyl (C=O) groups is 2. The molecule has 10 heteroatoms. The van der Waals surface area contributed by atoms with E-state index in [1.54, 1.807) is 0 Å². The van der Waals surface area contributed by atoms with Gasteiger partial charge in [-0.15, -0.1) is 0 Å². The van der Waals surface area contributed by atoms with Gasteiger partial charge in [0, 0.05) is 13.1 Å². The number of hydrogen-bond donors (Lipinski definition) is 2. The lowest BCUT2D eigenvalue weighted by Crippen LogP contribution is -2.33. The third-order valence-electron chi connectivity index (χ3n) is 9.02. The molecule has 0 aromatic heterocycles. The zero-order valence-electron chi connectivity index (χ0n) is 24.3. The van der Waals surface area contributed by atoms with E-state index < -0.39 is 11.2 Å². The first kappa shape index (κ1) is 30.4.